The number of anilines is 2. The van der Waals surface area contributed by atoms with Gasteiger partial charge >= 0.3 is 0 Å². The number of carbonyl (C=O) groups is 1. The van der Waals surface area contributed by atoms with Gasteiger partial charge in [-0.05, 0) is 47.4 Å². The first kappa shape index (κ1) is 23.8. The molecule has 0 radical (unpaired) electrons. The molecule has 1 aliphatic heterocycles. The molecule has 1 N–H and O–H groups in total. The highest BCUT2D eigenvalue weighted by Gasteiger charge is 2.30. The Balaban J connectivity index is 1.40. The van der Waals surface area contributed by atoms with Gasteiger partial charge in [0.25, 0.3) is 5.91 Å². The van der Waals surface area contributed by atoms with Crippen molar-refractivity contribution >= 4 is 27.6 Å². The van der Waals surface area contributed by atoms with Crippen molar-refractivity contribution < 1.29 is 13.2 Å². The fourth-order valence-corrected chi connectivity index (χ4v) is 5.24. The van der Waals surface area contributed by atoms with Crippen molar-refractivity contribution in [1.29, 1.82) is 0 Å². The molecule has 34 heavy (non-hydrogen) atoms. The highest BCUT2D eigenvalue weighted by molar-refractivity contribution is 7.89. The lowest BCUT2D eigenvalue weighted by molar-refractivity contribution is 0.0698. The smallest absolute Gasteiger partial charge is 0.254 e. The largest absolute Gasteiger partial charge is 0.336 e. The molecule has 0 spiro atoms. The zero-order chi connectivity index (χ0) is 24.3. The van der Waals surface area contributed by atoms with Crippen LogP contribution in [0.25, 0.3) is 0 Å². The fourth-order valence-electron chi connectivity index (χ4n) is 3.81. The van der Waals surface area contributed by atoms with Gasteiger partial charge in [-0.15, -0.1) is 0 Å². The Hall–Kier alpha value is -3.30. The van der Waals surface area contributed by atoms with E-state index in [4.69, 9.17) is 0 Å². The first-order valence-electron chi connectivity index (χ1n) is 11.2. The van der Waals surface area contributed by atoms with Crippen LogP contribution in [0.4, 0.5) is 11.6 Å². The Morgan fingerprint density at radius 3 is 2.18 bits per heavy atom. The Labute approximate surface area is 200 Å². The summed E-state index contributed by atoms with van der Waals surface area (Å²) in [6.45, 7) is 7.45. The summed E-state index contributed by atoms with van der Waals surface area (Å²) in [6, 6.07) is 15.9. The van der Waals surface area contributed by atoms with Gasteiger partial charge in [0.1, 0.15) is 0 Å². The van der Waals surface area contributed by atoms with Crippen LogP contribution in [0.3, 0.4) is 0 Å². The van der Waals surface area contributed by atoms with Crippen LogP contribution in [-0.4, -0.2) is 59.7 Å². The quantitative estimate of drug-likeness (QED) is 0.600. The number of aromatic nitrogens is 2. The van der Waals surface area contributed by atoms with E-state index in [1.165, 1.54) is 4.31 Å². The van der Waals surface area contributed by atoms with Crippen molar-refractivity contribution in [3.63, 3.8) is 0 Å². The monoisotopic (exact) mass is 479 g/mol. The molecular formula is C25H29N5O3S. The number of hydrogen-bond donors (Lipinski definition) is 1. The van der Waals surface area contributed by atoms with Crippen molar-refractivity contribution in [2.75, 3.05) is 31.5 Å². The summed E-state index contributed by atoms with van der Waals surface area (Å²) >= 11 is 0. The normalized spacial score (nSPS) is 15.2. The number of nitrogens with zero attached hydrogens (tertiary/aromatic N) is 4. The number of nitrogens with one attached hydrogen (secondary N) is 1. The van der Waals surface area contributed by atoms with Crippen LogP contribution in [0.15, 0.2) is 71.9 Å². The van der Waals surface area contributed by atoms with Crippen LogP contribution in [0, 0.1) is 0 Å². The second-order valence-corrected chi connectivity index (χ2v) is 11.2. The summed E-state index contributed by atoms with van der Waals surface area (Å²) in [6.07, 6.45) is 3.27. The lowest BCUT2D eigenvalue weighted by atomic mass is 9.87. The number of hydrogen-bond acceptors (Lipinski definition) is 6. The highest BCUT2D eigenvalue weighted by Crippen LogP contribution is 2.25. The number of benzene rings is 2. The summed E-state index contributed by atoms with van der Waals surface area (Å²) < 4.78 is 27.7. The molecule has 2 heterocycles. The predicted molar refractivity (Wildman–Crippen MR) is 132 cm³/mol. The first-order chi connectivity index (χ1) is 16.1. The molecular weight excluding hydrogens is 450 g/mol. The molecule has 8 nitrogen and oxygen atoms in total. The van der Waals surface area contributed by atoms with E-state index in [0.29, 0.717) is 30.3 Å². The summed E-state index contributed by atoms with van der Waals surface area (Å²) in [5.74, 6) is 0.311. The van der Waals surface area contributed by atoms with Crippen molar-refractivity contribution in [2.45, 2.75) is 31.1 Å². The molecule has 4 rings (SSSR count). The van der Waals surface area contributed by atoms with Crippen LogP contribution in [0.2, 0.25) is 0 Å². The van der Waals surface area contributed by atoms with Crippen LogP contribution in [-0.2, 0) is 15.4 Å². The molecule has 1 fully saturated rings. The van der Waals surface area contributed by atoms with Crippen molar-refractivity contribution in [3.05, 3.63) is 78.1 Å². The molecule has 1 saturated heterocycles. The third-order valence-electron chi connectivity index (χ3n) is 5.82. The topological polar surface area (TPSA) is 95.5 Å². The van der Waals surface area contributed by atoms with Crippen molar-refractivity contribution in [2.24, 2.45) is 0 Å². The van der Waals surface area contributed by atoms with Gasteiger partial charge in [0, 0.05) is 49.8 Å². The summed E-state index contributed by atoms with van der Waals surface area (Å²) in [4.78, 5) is 23.3. The lowest BCUT2D eigenvalue weighted by Crippen LogP contribution is -2.50. The average Bonchev–Trinajstić information content (AvgIpc) is 2.84. The molecule has 1 aromatic heterocycles. The zero-order valence-corrected chi connectivity index (χ0v) is 20.4. The van der Waals surface area contributed by atoms with Gasteiger partial charge in [0.2, 0.25) is 16.0 Å². The van der Waals surface area contributed by atoms with Gasteiger partial charge < -0.3 is 10.2 Å². The number of sulfonamides is 1. The molecule has 9 heteroatoms. The molecule has 0 atom stereocenters. The third kappa shape index (κ3) is 5.26. The van der Waals surface area contributed by atoms with Crippen LogP contribution < -0.4 is 5.32 Å². The Morgan fingerprint density at radius 2 is 1.56 bits per heavy atom. The number of piperazine rings is 1. The maximum atomic E-state index is 13.1. The van der Waals surface area contributed by atoms with E-state index in [1.807, 2.05) is 18.2 Å². The maximum Gasteiger partial charge on any atom is 0.254 e. The first-order valence-corrected chi connectivity index (χ1v) is 12.6. The van der Waals surface area contributed by atoms with E-state index in [1.54, 1.807) is 53.7 Å². The molecule has 1 amide bonds. The minimum atomic E-state index is -3.61. The van der Waals surface area contributed by atoms with E-state index < -0.39 is 10.0 Å². The molecule has 0 unspecified atom stereocenters. The minimum absolute atomic E-state index is 0.0464. The highest BCUT2D eigenvalue weighted by atomic mass is 32.2. The number of rotatable bonds is 5. The molecule has 178 valence electrons. The molecule has 0 saturated carbocycles. The van der Waals surface area contributed by atoms with E-state index in [9.17, 15) is 13.2 Å². The van der Waals surface area contributed by atoms with Crippen molar-refractivity contribution in [1.82, 2.24) is 19.2 Å². The Bertz CT molecular complexity index is 1250. The van der Waals surface area contributed by atoms with E-state index in [0.717, 1.165) is 5.56 Å². The molecule has 3 aromatic rings. The van der Waals surface area contributed by atoms with Gasteiger partial charge in [0.05, 0.1) is 4.90 Å². The summed E-state index contributed by atoms with van der Waals surface area (Å²) in [5, 5.41) is 3.08. The van der Waals surface area contributed by atoms with Gasteiger partial charge in [-0.25, -0.2) is 18.4 Å². The summed E-state index contributed by atoms with van der Waals surface area (Å²) in [5.41, 5.74) is 2.26. The standard InChI is InChI=1S/C25H29N5O3S/c1-25(2,3)20-8-10-22(11-9-20)34(32,33)30-16-14-29(15-17-30)23(31)19-6-4-7-21(18-19)28-24-26-12-5-13-27-24/h4-13,18H,14-17H2,1-3H3,(H,26,27,28). The maximum absolute atomic E-state index is 13.1. The Kier molecular flexibility index (Phi) is 6.67. The van der Waals surface area contributed by atoms with E-state index in [2.05, 4.69) is 36.1 Å². The third-order valence-corrected chi connectivity index (χ3v) is 7.73. The van der Waals surface area contributed by atoms with Crippen LogP contribution >= 0.6 is 0 Å². The zero-order valence-electron chi connectivity index (χ0n) is 19.6. The van der Waals surface area contributed by atoms with Gasteiger partial charge in [0.15, 0.2) is 0 Å². The Morgan fingerprint density at radius 1 is 0.912 bits per heavy atom. The molecule has 2 aromatic carbocycles. The molecule has 0 aliphatic carbocycles. The van der Waals surface area contributed by atoms with Crippen LogP contribution in [0.1, 0.15) is 36.7 Å². The van der Waals surface area contributed by atoms with Gasteiger partial charge in [-0.3, -0.25) is 4.79 Å². The van der Waals surface area contributed by atoms with E-state index in [-0.39, 0.29) is 29.3 Å². The number of carbonyl (C=O) groups excluding carboxylic acids is 1. The second-order valence-electron chi connectivity index (χ2n) is 9.25. The summed E-state index contributed by atoms with van der Waals surface area (Å²) in [7, 11) is -3.61. The lowest BCUT2D eigenvalue weighted by Gasteiger charge is -2.34. The second kappa shape index (κ2) is 9.52. The van der Waals surface area contributed by atoms with Crippen LogP contribution in [0.5, 0.6) is 0 Å². The number of amides is 1. The predicted octanol–water partition coefficient (Wildman–Crippen LogP) is 3.66. The van der Waals surface area contributed by atoms with Gasteiger partial charge in [-0.2, -0.15) is 4.31 Å². The van der Waals surface area contributed by atoms with Gasteiger partial charge in [-0.1, -0.05) is 39.0 Å². The molecule has 0 bridgehead atoms. The molecule has 1 aliphatic rings. The van der Waals surface area contributed by atoms with E-state index >= 15 is 0 Å². The SMILES string of the molecule is CC(C)(C)c1ccc(S(=O)(=O)N2CCN(C(=O)c3cccc(Nc4ncccn4)c3)CC2)cc1. The average molecular weight is 480 g/mol. The fraction of sp³-hybridized carbons (Fsp3) is 0.320. The minimum Gasteiger partial charge on any atom is -0.336 e. The van der Waals surface area contributed by atoms with Crippen molar-refractivity contribution in [3.8, 4) is 0 Å².